The van der Waals surface area contributed by atoms with Gasteiger partial charge in [-0.25, -0.2) is 4.68 Å². The van der Waals surface area contributed by atoms with E-state index in [1.165, 1.54) is 5.56 Å². The van der Waals surface area contributed by atoms with Crippen LogP contribution in [0.15, 0.2) is 176 Å². The van der Waals surface area contributed by atoms with Gasteiger partial charge in [-0.05, 0) is 90.2 Å². The summed E-state index contributed by atoms with van der Waals surface area (Å²) in [4.78, 5) is 4.45. The molecule has 2 aliphatic heterocycles. The summed E-state index contributed by atoms with van der Waals surface area (Å²) in [5.74, 6) is 2.32. The number of hydrogen-bond acceptors (Lipinski definition) is 14. The van der Waals surface area contributed by atoms with Gasteiger partial charge in [0.05, 0.1) is 72.2 Å². The Morgan fingerprint density at radius 2 is 0.765 bits per heavy atom. The third-order valence-electron chi connectivity index (χ3n) is 14.9. The number of aromatic nitrogens is 3. The fourth-order valence-corrected chi connectivity index (χ4v) is 10.9. The largest absolute Gasteiger partial charge is 0.491 e. The molecule has 3 heterocycles. The Morgan fingerprint density at radius 1 is 0.395 bits per heavy atom. The molecule has 7 aromatic carbocycles. The van der Waals surface area contributed by atoms with Gasteiger partial charge in [0.1, 0.15) is 54.0 Å². The van der Waals surface area contributed by atoms with Gasteiger partial charge in [-0.3, -0.25) is 0 Å². The maximum atomic E-state index is 6.44. The molecule has 0 fully saturated rings. The highest BCUT2D eigenvalue weighted by Gasteiger charge is 2.45. The summed E-state index contributed by atoms with van der Waals surface area (Å²) in [7, 11) is 7.75. The lowest BCUT2D eigenvalue weighted by molar-refractivity contribution is 0.00903. The van der Waals surface area contributed by atoms with Gasteiger partial charge in [0.15, 0.2) is 0 Å². The third kappa shape index (κ3) is 13.0. The van der Waals surface area contributed by atoms with E-state index in [-0.39, 0.29) is 0 Å². The molecule has 15 heteroatoms. The summed E-state index contributed by atoms with van der Waals surface area (Å²) in [5, 5.41) is 8.49. The standard InChI is InChI=1S/C66H73N5O10/c1-69-61-19-9-5-15-57(61)65(72-3,58-16-6-10-20-62(58)69)51-25-31-54(32-26-51)79-46-44-77-41-39-75-37-35-71-48-53(67-68-71)49-81-56-29-23-50(24-30-56)14-13-36-74-38-40-76-42-43-78-45-47-80-55-33-27-52(28-34-55)66(73-4)59-17-7-11-21-63(59)70(2)64-22-12-8-18-60(64)66/h5-12,15-34,48H,13-14,35-47,49H2,1-4H3. The van der Waals surface area contributed by atoms with E-state index in [1.54, 1.807) is 18.9 Å². The summed E-state index contributed by atoms with van der Waals surface area (Å²) in [5.41, 5.74) is 11.4. The molecule has 15 nitrogen and oxygen atoms in total. The number of hydrogen-bond donors (Lipinski definition) is 0. The highest BCUT2D eigenvalue weighted by Crippen LogP contribution is 2.54. The van der Waals surface area contributed by atoms with E-state index in [2.05, 4.69) is 168 Å². The van der Waals surface area contributed by atoms with Crippen molar-refractivity contribution < 1.29 is 47.4 Å². The number of ether oxygens (including phenoxy) is 10. The lowest BCUT2D eigenvalue weighted by atomic mass is 9.76. The van der Waals surface area contributed by atoms with Gasteiger partial charge in [0.25, 0.3) is 0 Å². The summed E-state index contributed by atoms with van der Waals surface area (Å²) in [6.45, 7) is 6.76. The van der Waals surface area contributed by atoms with Crippen LogP contribution in [0.3, 0.4) is 0 Å². The predicted molar refractivity (Wildman–Crippen MR) is 313 cm³/mol. The molecule has 0 amide bonds. The van der Waals surface area contributed by atoms with Crippen molar-refractivity contribution in [2.45, 2.75) is 37.2 Å². The maximum Gasteiger partial charge on any atom is 0.147 e. The molecule has 0 saturated heterocycles. The molecule has 1 aromatic heterocycles. The molecular formula is C66H73N5O10. The number of fused-ring (bicyclic) bond motifs is 4. The predicted octanol–water partition coefficient (Wildman–Crippen LogP) is 11.1. The highest BCUT2D eigenvalue weighted by molar-refractivity contribution is 5.80. The number of rotatable bonds is 31. The second kappa shape index (κ2) is 27.7. The van der Waals surface area contributed by atoms with E-state index in [0.717, 1.165) is 91.9 Å². The van der Waals surface area contributed by atoms with Gasteiger partial charge in [-0.2, -0.15) is 0 Å². The van der Waals surface area contributed by atoms with Crippen LogP contribution in [-0.2, 0) is 63.9 Å². The minimum absolute atomic E-state index is 0.322. The van der Waals surface area contributed by atoms with Crippen LogP contribution in [-0.4, -0.2) is 123 Å². The molecular weight excluding hydrogens is 1020 g/mol. The van der Waals surface area contributed by atoms with E-state index >= 15 is 0 Å². The van der Waals surface area contributed by atoms with Crippen LogP contribution < -0.4 is 24.0 Å². The summed E-state index contributed by atoms with van der Waals surface area (Å²) < 4.78 is 61.5. The van der Waals surface area contributed by atoms with Crippen molar-refractivity contribution in [1.82, 2.24) is 15.0 Å². The average Bonchev–Trinajstić information content (AvgIpc) is 4.00. The van der Waals surface area contributed by atoms with E-state index < -0.39 is 11.2 Å². The van der Waals surface area contributed by atoms with Crippen LogP contribution in [0, 0.1) is 0 Å². The summed E-state index contributed by atoms with van der Waals surface area (Å²) in [6, 6.07) is 58.1. The van der Waals surface area contributed by atoms with Crippen molar-refractivity contribution in [3.05, 3.63) is 221 Å². The molecule has 0 radical (unpaired) electrons. The number of para-hydroxylation sites is 4. The highest BCUT2D eigenvalue weighted by atomic mass is 16.6. The molecule has 8 aromatic rings. The minimum Gasteiger partial charge on any atom is -0.491 e. The number of methoxy groups -OCH3 is 2. The van der Waals surface area contributed by atoms with E-state index in [0.29, 0.717) is 92.4 Å². The molecule has 0 unspecified atom stereocenters. The van der Waals surface area contributed by atoms with Crippen molar-refractivity contribution in [3.63, 3.8) is 0 Å². The van der Waals surface area contributed by atoms with Crippen molar-refractivity contribution in [3.8, 4) is 17.2 Å². The second-order valence-corrected chi connectivity index (χ2v) is 19.8. The van der Waals surface area contributed by atoms with Crippen molar-refractivity contribution in [2.75, 3.05) is 117 Å². The number of aryl methyl sites for hydroxylation is 1. The fraction of sp³-hybridized carbons (Fsp3) is 0.333. The molecule has 81 heavy (non-hydrogen) atoms. The quantitative estimate of drug-likeness (QED) is 0.0382. The van der Waals surface area contributed by atoms with Crippen molar-refractivity contribution in [2.24, 2.45) is 0 Å². The first-order valence-corrected chi connectivity index (χ1v) is 27.8. The first-order valence-electron chi connectivity index (χ1n) is 27.8. The molecule has 10 rings (SSSR count). The van der Waals surface area contributed by atoms with Crippen LogP contribution in [0.25, 0.3) is 0 Å². The van der Waals surface area contributed by atoms with Crippen LogP contribution in [0.5, 0.6) is 17.2 Å². The zero-order chi connectivity index (χ0) is 55.7. The maximum absolute atomic E-state index is 6.44. The monoisotopic (exact) mass is 1100 g/mol. The minimum atomic E-state index is -0.748. The van der Waals surface area contributed by atoms with Crippen LogP contribution in [0.2, 0.25) is 0 Å². The number of anilines is 4. The van der Waals surface area contributed by atoms with Crippen LogP contribution >= 0.6 is 0 Å². The Balaban J connectivity index is 0.527. The van der Waals surface area contributed by atoms with Gasteiger partial charge >= 0.3 is 0 Å². The Bertz CT molecular complexity index is 3130. The number of nitrogens with zero attached hydrogens (tertiary/aromatic N) is 5. The Hall–Kier alpha value is -7.60. The molecule has 0 atom stereocenters. The fourth-order valence-electron chi connectivity index (χ4n) is 10.9. The Labute approximate surface area is 475 Å². The Morgan fingerprint density at radius 3 is 1.20 bits per heavy atom. The summed E-state index contributed by atoms with van der Waals surface area (Å²) >= 11 is 0. The molecule has 0 saturated carbocycles. The molecule has 0 spiro atoms. The molecule has 0 bridgehead atoms. The first-order chi connectivity index (χ1) is 39.9. The van der Waals surface area contributed by atoms with Crippen molar-refractivity contribution in [1.29, 1.82) is 0 Å². The van der Waals surface area contributed by atoms with Crippen LogP contribution in [0.1, 0.15) is 51.1 Å². The lowest BCUT2D eigenvalue weighted by Gasteiger charge is -2.43. The molecule has 0 N–H and O–H groups in total. The van der Waals surface area contributed by atoms with Gasteiger partial charge < -0.3 is 57.2 Å². The van der Waals surface area contributed by atoms with Gasteiger partial charge in [-0.15, -0.1) is 5.10 Å². The smallest absolute Gasteiger partial charge is 0.147 e. The van der Waals surface area contributed by atoms with E-state index in [1.807, 2.05) is 42.6 Å². The lowest BCUT2D eigenvalue weighted by Crippen LogP contribution is -2.38. The second-order valence-electron chi connectivity index (χ2n) is 19.8. The average molecular weight is 1100 g/mol. The van der Waals surface area contributed by atoms with E-state index in [4.69, 9.17) is 47.4 Å². The zero-order valence-electron chi connectivity index (χ0n) is 46.9. The molecule has 422 valence electrons. The Kier molecular flexibility index (Phi) is 19.4. The molecule has 2 aliphatic rings. The van der Waals surface area contributed by atoms with E-state index in [9.17, 15) is 0 Å². The SMILES string of the molecule is COC1(c2ccc(OCCOCCOCCOCCCc3ccc(OCc4cn(CCOCCOCCOc5ccc(C6(OC)c7ccccc7N(C)c7ccccc76)cc5)nn4)cc3)cc2)c2ccccc2N(C)c2ccccc21. The molecule has 0 aliphatic carbocycles. The normalized spacial score (nSPS) is 13.7. The van der Waals surface area contributed by atoms with Crippen molar-refractivity contribution >= 4 is 22.7 Å². The third-order valence-corrected chi connectivity index (χ3v) is 14.9. The van der Waals surface area contributed by atoms with Gasteiger partial charge in [0, 0.05) is 79.9 Å². The van der Waals surface area contributed by atoms with Crippen LogP contribution in [0.4, 0.5) is 22.7 Å². The zero-order valence-corrected chi connectivity index (χ0v) is 46.9. The summed E-state index contributed by atoms with van der Waals surface area (Å²) in [6.07, 6.45) is 3.69. The topological polar surface area (TPSA) is 129 Å². The van der Waals surface area contributed by atoms with Gasteiger partial charge in [-0.1, -0.05) is 114 Å². The van der Waals surface area contributed by atoms with Gasteiger partial charge in [0.2, 0.25) is 0 Å². The first kappa shape index (κ1) is 56.7. The number of benzene rings is 7.